The first-order chi connectivity index (χ1) is 20.6. The van der Waals surface area contributed by atoms with Crippen LogP contribution in [0.1, 0.15) is 12.0 Å². The lowest BCUT2D eigenvalue weighted by Crippen LogP contribution is -2.44. The van der Waals surface area contributed by atoms with Gasteiger partial charge >= 0.3 is 0 Å². The molecule has 1 fully saturated rings. The summed E-state index contributed by atoms with van der Waals surface area (Å²) in [7, 11) is -4.41. The maximum atomic E-state index is 15.1. The lowest BCUT2D eigenvalue weighted by molar-refractivity contribution is 0.282. The van der Waals surface area contributed by atoms with Crippen LogP contribution in [0, 0.1) is 29.2 Å². The van der Waals surface area contributed by atoms with Crippen LogP contribution in [0.15, 0.2) is 60.9 Å². The van der Waals surface area contributed by atoms with Crippen molar-refractivity contribution < 1.29 is 35.1 Å². The molecule has 0 saturated carbocycles. The first-order valence-electron chi connectivity index (χ1n) is 13.0. The number of aromatic nitrogens is 3. The van der Waals surface area contributed by atoms with Crippen LogP contribution in [0.25, 0.3) is 11.3 Å². The second-order valence-electron chi connectivity index (χ2n) is 9.83. The van der Waals surface area contributed by atoms with E-state index in [9.17, 15) is 26.0 Å². The number of anilines is 2. The van der Waals surface area contributed by atoms with Crippen LogP contribution in [-0.2, 0) is 15.8 Å². The number of alkyl halides is 1. The molecule has 43 heavy (non-hydrogen) atoms. The third-order valence-corrected chi connectivity index (χ3v) is 7.78. The molecule has 226 valence electrons. The van der Waals surface area contributed by atoms with Gasteiger partial charge in [-0.25, -0.2) is 36.5 Å². The quantitative estimate of drug-likeness (QED) is 0.164. The van der Waals surface area contributed by atoms with E-state index in [1.165, 1.54) is 36.7 Å². The largest absolute Gasteiger partial charge is 0.435 e. The third kappa shape index (κ3) is 7.35. The number of ether oxygens (including phenoxy) is 1. The number of hydrogen-bond acceptors (Lipinski definition) is 8. The monoisotopic (exact) mass is 620 g/mol. The molecule has 2 aromatic carbocycles. The van der Waals surface area contributed by atoms with Gasteiger partial charge in [0.25, 0.3) is 0 Å². The van der Waals surface area contributed by atoms with Gasteiger partial charge in [-0.15, -0.1) is 0 Å². The zero-order chi connectivity index (χ0) is 30.6. The molecule has 0 unspecified atom stereocenters. The number of benzene rings is 2. The van der Waals surface area contributed by atoms with E-state index in [1.54, 1.807) is 10.8 Å². The van der Waals surface area contributed by atoms with Gasteiger partial charge in [-0.3, -0.25) is 9.11 Å². The van der Waals surface area contributed by atoms with Crippen molar-refractivity contribution in [3.63, 3.8) is 0 Å². The van der Waals surface area contributed by atoms with Crippen molar-refractivity contribution in [1.82, 2.24) is 20.3 Å². The summed E-state index contributed by atoms with van der Waals surface area (Å²) >= 11 is 0. The number of sulfonamides is 1. The number of nitrogens with one attached hydrogen (secondary N) is 3. The second kappa shape index (κ2) is 12.9. The van der Waals surface area contributed by atoms with Crippen LogP contribution < -0.4 is 20.1 Å². The molecule has 2 atom stereocenters. The Bertz CT molecular complexity index is 1710. The highest BCUT2D eigenvalue weighted by Crippen LogP contribution is 2.36. The van der Waals surface area contributed by atoms with Crippen molar-refractivity contribution in [3.05, 3.63) is 89.8 Å². The van der Waals surface area contributed by atoms with Gasteiger partial charge in [-0.05, 0) is 42.3 Å². The zero-order valence-electron chi connectivity index (χ0n) is 22.3. The summed E-state index contributed by atoms with van der Waals surface area (Å²) < 4.78 is 103. The van der Waals surface area contributed by atoms with E-state index in [2.05, 4.69) is 25.6 Å². The Kier molecular flexibility index (Phi) is 9.01. The highest BCUT2D eigenvalue weighted by Gasteiger charge is 2.26. The van der Waals surface area contributed by atoms with Crippen LogP contribution >= 0.6 is 0 Å². The third-order valence-electron chi connectivity index (χ3n) is 6.56. The molecule has 1 saturated heterocycles. The topological polar surface area (TPSA) is 118 Å². The Morgan fingerprint density at radius 3 is 2.53 bits per heavy atom. The fourth-order valence-corrected chi connectivity index (χ4v) is 5.72. The molecule has 1 aliphatic heterocycles. The van der Waals surface area contributed by atoms with Crippen molar-refractivity contribution in [2.75, 3.05) is 29.8 Å². The molecule has 9 nitrogen and oxygen atoms in total. The van der Waals surface area contributed by atoms with Crippen LogP contribution in [0.2, 0.25) is 0 Å². The summed E-state index contributed by atoms with van der Waals surface area (Å²) in [5, 5.41) is 6.29. The minimum atomic E-state index is -4.41. The minimum absolute atomic E-state index is 0.124. The van der Waals surface area contributed by atoms with Gasteiger partial charge in [-0.2, -0.15) is 4.39 Å². The molecule has 0 radical (unpaired) electrons. The molecule has 0 amide bonds. The first-order valence-corrected chi connectivity index (χ1v) is 14.7. The average molecular weight is 621 g/mol. The molecule has 3 N–H and O–H groups in total. The molecule has 0 aliphatic carbocycles. The number of halogens is 5. The van der Waals surface area contributed by atoms with Gasteiger partial charge in [-0.1, -0.05) is 12.1 Å². The maximum Gasteiger partial charge on any atom is 0.237 e. The summed E-state index contributed by atoms with van der Waals surface area (Å²) in [6.45, 7) is 0.704. The van der Waals surface area contributed by atoms with Crippen molar-refractivity contribution in [1.29, 1.82) is 0 Å². The summed E-state index contributed by atoms with van der Waals surface area (Å²) in [5.41, 5.74) is -0.578. The Morgan fingerprint density at radius 1 is 0.977 bits per heavy atom. The standard InChI is InChI=1S/C28H25F5N6O3S/c29-12-17-10-19(14-34-13-17)37-28-36-9-7-22(38-28)20-2-1-8-35-27(20)42-23-11-21(31)26(25(33)24(23)32)39-43(40,41)15-16-3-5-18(30)6-4-16/h1-9,11,17,19,34,39H,10,12-15H2,(H,36,37,38)/t17-,19+/m1/s1. The number of nitrogens with zero attached hydrogens (tertiary/aromatic N) is 3. The van der Waals surface area contributed by atoms with Crippen LogP contribution in [0.3, 0.4) is 0 Å². The van der Waals surface area contributed by atoms with E-state index in [0.29, 0.717) is 25.6 Å². The van der Waals surface area contributed by atoms with Gasteiger partial charge < -0.3 is 15.4 Å². The van der Waals surface area contributed by atoms with E-state index >= 15 is 4.39 Å². The molecule has 0 spiro atoms. The normalized spacial score (nSPS) is 17.0. The highest BCUT2D eigenvalue weighted by atomic mass is 32.2. The number of pyridine rings is 1. The number of rotatable bonds is 10. The lowest BCUT2D eigenvalue weighted by Gasteiger charge is -2.29. The minimum Gasteiger partial charge on any atom is -0.435 e. The van der Waals surface area contributed by atoms with Gasteiger partial charge in [0.2, 0.25) is 27.7 Å². The maximum absolute atomic E-state index is 15.1. The molecule has 5 rings (SSSR count). The summed E-state index contributed by atoms with van der Waals surface area (Å²) in [5.74, 6) is -7.34. The molecule has 2 aromatic heterocycles. The SMILES string of the molecule is O=S(=O)(Cc1ccc(F)cc1)Nc1c(F)cc(Oc2ncccc2-c2ccnc(N[C@@H]3CNC[C@@H](CF)C3)n2)c(F)c1F. The van der Waals surface area contributed by atoms with E-state index in [-0.39, 0.29) is 40.6 Å². The first kappa shape index (κ1) is 30.1. The van der Waals surface area contributed by atoms with E-state index < -0.39 is 57.2 Å². The Hall–Kier alpha value is -4.37. The summed E-state index contributed by atoms with van der Waals surface area (Å²) in [6, 6.07) is 9.40. The van der Waals surface area contributed by atoms with E-state index in [0.717, 1.165) is 12.1 Å². The van der Waals surface area contributed by atoms with Gasteiger partial charge in [0.15, 0.2) is 17.4 Å². The van der Waals surface area contributed by atoms with Crippen LogP contribution in [-0.4, -0.2) is 49.2 Å². The van der Waals surface area contributed by atoms with Crippen molar-refractivity contribution in [2.24, 2.45) is 5.92 Å². The number of piperidine rings is 1. The van der Waals surface area contributed by atoms with Crippen LogP contribution in [0.5, 0.6) is 11.6 Å². The zero-order valence-corrected chi connectivity index (χ0v) is 23.1. The predicted octanol–water partition coefficient (Wildman–Crippen LogP) is 5.19. The van der Waals surface area contributed by atoms with Crippen molar-refractivity contribution >= 4 is 21.7 Å². The van der Waals surface area contributed by atoms with Gasteiger partial charge in [0.05, 0.1) is 23.7 Å². The van der Waals surface area contributed by atoms with E-state index in [4.69, 9.17) is 4.74 Å². The van der Waals surface area contributed by atoms with Crippen molar-refractivity contribution in [2.45, 2.75) is 18.2 Å². The lowest BCUT2D eigenvalue weighted by atomic mass is 9.97. The fourth-order valence-electron chi connectivity index (χ4n) is 4.52. The molecular weight excluding hydrogens is 595 g/mol. The molecular formula is C28H25F5N6O3S. The summed E-state index contributed by atoms with van der Waals surface area (Å²) in [4.78, 5) is 12.7. The van der Waals surface area contributed by atoms with Crippen molar-refractivity contribution in [3.8, 4) is 22.9 Å². The second-order valence-corrected chi connectivity index (χ2v) is 11.5. The molecule has 15 heteroatoms. The van der Waals surface area contributed by atoms with Gasteiger partial charge in [0, 0.05) is 43.5 Å². The number of hydrogen-bond donors (Lipinski definition) is 3. The molecule has 4 aromatic rings. The average Bonchev–Trinajstić information content (AvgIpc) is 2.99. The van der Waals surface area contributed by atoms with Crippen LogP contribution in [0.4, 0.5) is 33.6 Å². The Labute approximate surface area is 243 Å². The molecule has 3 heterocycles. The Morgan fingerprint density at radius 2 is 1.77 bits per heavy atom. The predicted molar refractivity (Wildman–Crippen MR) is 149 cm³/mol. The Balaban J connectivity index is 1.36. The van der Waals surface area contributed by atoms with E-state index in [1.807, 2.05) is 0 Å². The fraction of sp³-hybridized carbons (Fsp3) is 0.250. The van der Waals surface area contributed by atoms with Gasteiger partial charge in [0.1, 0.15) is 11.5 Å². The highest BCUT2D eigenvalue weighted by molar-refractivity contribution is 7.91. The molecule has 0 bridgehead atoms. The summed E-state index contributed by atoms with van der Waals surface area (Å²) in [6.07, 6.45) is 3.34. The molecule has 1 aliphatic rings. The smallest absolute Gasteiger partial charge is 0.237 e.